The predicted molar refractivity (Wildman–Crippen MR) is 125 cm³/mol. The molecule has 29 heavy (non-hydrogen) atoms. The molecule has 7 heteroatoms. The SMILES string of the molecule is CO[S+](CCCC#N)c1sc2nc(-c3cccs3)cc(-c3ccccc3)c2c1N. The van der Waals surface area contributed by atoms with Crippen LogP contribution in [0.25, 0.3) is 31.9 Å². The van der Waals surface area contributed by atoms with Gasteiger partial charge in [0.2, 0.25) is 0 Å². The Morgan fingerprint density at radius 3 is 2.72 bits per heavy atom. The molecule has 0 radical (unpaired) electrons. The number of nitrogen functional groups attached to an aromatic ring is 1. The van der Waals surface area contributed by atoms with Crippen molar-refractivity contribution in [3.05, 3.63) is 53.9 Å². The standard InChI is InChI=1S/C22H20N3OS3/c1-26-29(13-6-5-11-23)22-20(24)19-16(15-8-3-2-4-9-15)14-17(25-21(19)28-22)18-10-7-12-27-18/h2-4,7-10,12,14H,5-6,13,24H2,1H3/q+1. The topological polar surface area (TPSA) is 71.9 Å². The van der Waals surface area contributed by atoms with Crippen molar-refractivity contribution < 1.29 is 4.18 Å². The van der Waals surface area contributed by atoms with Crippen LogP contribution in [0.2, 0.25) is 0 Å². The number of hydrogen-bond donors (Lipinski definition) is 1. The van der Waals surface area contributed by atoms with Gasteiger partial charge in [-0.2, -0.15) is 9.44 Å². The quantitative estimate of drug-likeness (QED) is 0.279. The average molecular weight is 439 g/mol. The van der Waals surface area contributed by atoms with Gasteiger partial charge in [-0.3, -0.25) is 0 Å². The smallest absolute Gasteiger partial charge is 0.269 e. The van der Waals surface area contributed by atoms with Crippen LogP contribution < -0.4 is 5.73 Å². The van der Waals surface area contributed by atoms with E-state index in [9.17, 15) is 0 Å². The number of nitrogens with zero attached hydrogens (tertiary/aromatic N) is 2. The number of fused-ring (bicyclic) bond motifs is 1. The Morgan fingerprint density at radius 1 is 1.21 bits per heavy atom. The lowest BCUT2D eigenvalue weighted by atomic mass is 10.0. The molecule has 0 aliphatic rings. The van der Waals surface area contributed by atoms with Crippen molar-refractivity contribution in [3.8, 4) is 27.8 Å². The number of nitriles is 1. The van der Waals surface area contributed by atoms with Crippen molar-refractivity contribution in [1.82, 2.24) is 4.98 Å². The molecule has 0 aliphatic carbocycles. The Morgan fingerprint density at radius 2 is 2.03 bits per heavy atom. The summed E-state index contributed by atoms with van der Waals surface area (Å²) in [7, 11) is 1.71. The second-order valence-corrected chi connectivity index (χ2v) is 10.4. The predicted octanol–water partition coefficient (Wildman–Crippen LogP) is 6.12. The Labute approximate surface area is 181 Å². The van der Waals surface area contributed by atoms with Gasteiger partial charge >= 0.3 is 0 Å². The first kappa shape index (κ1) is 19.9. The van der Waals surface area contributed by atoms with E-state index in [1.54, 1.807) is 29.8 Å². The molecule has 3 heterocycles. The Bertz CT molecular complexity index is 1150. The summed E-state index contributed by atoms with van der Waals surface area (Å²) in [6.45, 7) is 0. The van der Waals surface area contributed by atoms with E-state index in [-0.39, 0.29) is 0 Å². The lowest BCUT2D eigenvalue weighted by molar-refractivity contribution is 0.472. The molecule has 1 atom stereocenters. The monoisotopic (exact) mass is 438 g/mol. The molecule has 2 N–H and O–H groups in total. The fraction of sp³-hybridized carbons (Fsp3) is 0.182. The molecule has 0 spiro atoms. The van der Waals surface area contributed by atoms with Gasteiger partial charge in [-0.1, -0.05) is 47.7 Å². The van der Waals surface area contributed by atoms with Gasteiger partial charge in [0.05, 0.1) is 23.8 Å². The largest absolute Gasteiger partial charge is 0.393 e. The average Bonchev–Trinajstić information content (AvgIpc) is 3.40. The fourth-order valence-corrected chi connectivity index (χ4v) is 7.06. The summed E-state index contributed by atoms with van der Waals surface area (Å²) in [5, 5.41) is 11.9. The lowest BCUT2D eigenvalue weighted by Crippen LogP contribution is -2.10. The zero-order valence-electron chi connectivity index (χ0n) is 15.9. The number of unbranched alkanes of at least 4 members (excludes halogenated alkanes) is 1. The highest BCUT2D eigenvalue weighted by Gasteiger charge is 2.31. The van der Waals surface area contributed by atoms with E-state index in [2.05, 4.69) is 35.7 Å². The van der Waals surface area contributed by atoms with Crippen LogP contribution in [0.5, 0.6) is 0 Å². The maximum Gasteiger partial charge on any atom is 0.269 e. The first-order chi connectivity index (χ1) is 14.2. The maximum atomic E-state index is 8.86. The second-order valence-electron chi connectivity index (χ2n) is 6.36. The van der Waals surface area contributed by atoms with Gasteiger partial charge < -0.3 is 5.73 Å². The van der Waals surface area contributed by atoms with E-state index in [1.807, 2.05) is 24.3 Å². The summed E-state index contributed by atoms with van der Waals surface area (Å²) < 4.78 is 6.79. The number of rotatable bonds is 7. The summed E-state index contributed by atoms with van der Waals surface area (Å²) in [6.07, 6.45) is 1.31. The Hall–Kier alpha value is -2.37. The third kappa shape index (κ3) is 4.02. The number of aromatic nitrogens is 1. The van der Waals surface area contributed by atoms with Crippen molar-refractivity contribution in [2.45, 2.75) is 17.1 Å². The number of thiophene rings is 2. The highest BCUT2D eigenvalue weighted by atomic mass is 32.2. The van der Waals surface area contributed by atoms with Crippen molar-refractivity contribution >= 4 is 49.8 Å². The van der Waals surface area contributed by atoms with E-state index in [0.717, 1.165) is 54.0 Å². The minimum Gasteiger partial charge on any atom is -0.393 e. The van der Waals surface area contributed by atoms with Crippen LogP contribution in [-0.2, 0) is 15.4 Å². The van der Waals surface area contributed by atoms with Crippen molar-refractivity contribution in [2.24, 2.45) is 0 Å². The number of anilines is 1. The molecule has 4 aromatic rings. The number of benzene rings is 1. The van der Waals surface area contributed by atoms with Crippen LogP contribution in [0.15, 0.2) is 58.1 Å². The molecular formula is C22H20N3OS3+. The van der Waals surface area contributed by atoms with Crippen LogP contribution >= 0.6 is 22.7 Å². The first-order valence-corrected chi connectivity index (χ1v) is 12.2. The molecule has 1 aromatic carbocycles. The summed E-state index contributed by atoms with van der Waals surface area (Å²) >= 11 is 2.85. The normalized spacial score (nSPS) is 12.1. The molecule has 4 rings (SSSR count). The molecule has 0 aliphatic heterocycles. The molecule has 0 fully saturated rings. The van der Waals surface area contributed by atoms with E-state index in [1.165, 1.54) is 0 Å². The van der Waals surface area contributed by atoms with Gasteiger partial charge in [0.25, 0.3) is 4.21 Å². The van der Waals surface area contributed by atoms with Gasteiger partial charge in [0.1, 0.15) is 16.3 Å². The number of nitrogens with two attached hydrogens (primary N) is 1. The molecule has 0 saturated carbocycles. The zero-order valence-corrected chi connectivity index (χ0v) is 18.4. The van der Waals surface area contributed by atoms with Gasteiger partial charge in [-0.15, -0.1) is 11.3 Å². The van der Waals surface area contributed by atoms with E-state index >= 15 is 0 Å². The molecule has 0 amide bonds. The van der Waals surface area contributed by atoms with Crippen molar-refractivity contribution in [2.75, 3.05) is 18.6 Å². The molecule has 146 valence electrons. The van der Waals surface area contributed by atoms with Crippen LogP contribution in [-0.4, -0.2) is 17.8 Å². The number of hydrogen-bond acceptors (Lipinski definition) is 6. The lowest BCUT2D eigenvalue weighted by Gasteiger charge is -2.07. The van der Waals surface area contributed by atoms with Crippen LogP contribution in [0, 0.1) is 11.3 Å². The van der Waals surface area contributed by atoms with Crippen molar-refractivity contribution in [3.63, 3.8) is 0 Å². The highest BCUT2D eigenvalue weighted by Crippen LogP contribution is 2.44. The van der Waals surface area contributed by atoms with Crippen LogP contribution in [0.4, 0.5) is 5.69 Å². The van der Waals surface area contributed by atoms with E-state index in [0.29, 0.717) is 6.42 Å². The molecule has 3 aromatic heterocycles. The van der Waals surface area contributed by atoms with Gasteiger partial charge in [0.15, 0.2) is 11.2 Å². The minimum atomic E-state index is -0.444. The molecular weight excluding hydrogens is 418 g/mol. The maximum absolute atomic E-state index is 8.86. The Balaban J connectivity index is 1.89. The molecule has 0 saturated heterocycles. The first-order valence-electron chi connectivity index (χ1n) is 9.17. The van der Waals surface area contributed by atoms with E-state index < -0.39 is 11.2 Å². The summed E-state index contributed by atoms with van der Waals surface area (Å²) in [5.41, 5.74) is 10.6. The third-order valence-electron chi connectivity index (χ3n) is 4.55. The zero-order chi connectivity index (χ0) is 20.2. The number of pyridine rings is 1. The summed E-state index contributed by atoms with van der Waals surface area (Å²) in [5.74, 6) is 0.791. The summed E-state index contributed by atoms with van der Waals surface area (Å²) in [6, 6.07) is 18.8. The molecule has 0 bridgehead atoms. The second kappa shape index (κ2) is 8.97. The van der Waals surface area contributed by atoms with Crippen LogP contribution in [0.1, 0.15) is 12.8 Å². The molecule has 1 unspecified atom stereocenters. The van der Waals surface area contributed by atoms with Crippen molar-refractivity contribution in [1.29, 1.82) is 5.26 Å². The third-order valence-corrected chi connectivity index (χ3v) is 8.84. The summed E-state index contributed by atoms with van der Waals surface area (Å²) in [4.78, 5) is 7.01. The fourth-order valence-electron chi connectivity index (χ4n) is 3.20. The van der Waals surface area contributed by atoms with E-state index in [4.69, 9.17) is 20.2 Å². The van der Waals surface area contributed by atoms with Crippen LogP contribution in [0.3, 0.4) is 0 Å². The highest BCUT2D eigenvalue weighted by molar-refractivity contribution is 7.94. The van der Waals surface area contributed by atoms with Gasteiger partial charge in [0, 0.05) is 18.2 Å². The van der Waals surface area contributed by atoms with Gasteiger partial charge in [-0.05, 0) is 28.6 Å². The Kier molecular flexibility index (Phi) is 6.16. The molecule has 4 nitrogen and oxygen atoms in total. The minimum absolute atomic E-state index is 0.444. The van der Waals surface area contributed by atoms with Gasteiger partial charge in [-0.25, -0.2) is 4.98 Å².